The number of benzene rings is 1. The standard InChI is InChI=1S/C19H19N7O2/c1-28-15-6-2-5-14-18(15)22-12-26(14)11-17(27)21-9-7-16-23-19(25-24-16)13-4-3-8-20-10-13/h2-6,8,10,12H,7,9,11H2,1H3,(H,21,27)(H,23,24,25). The van der Waals surface area contributed by atoms with Gasteiger partial charge in [-0.3, -0.25) is 14.9 Å². The molecular formula is C19H19N7O2. The average Bonchev–Trinajstić information content (AvgIpc) is 3.36. The molecule has 0 unspecified atom stereocenters. The lowest BCUT2D eigenvalue weighted by atomic mass is 10.3. The van der Waals surface area contributed by atoms with Crippen molar-refractivity contribution >= 4 is 16.9 Å². The Morgan fingerprint density at radius 1 is 1.29 bits per heavy atom. The maximum absolute atomic E-state index is 12.3. The predicted octanol–water partition coefficient (Wildman–Crippen LogP) is 1.58. The molecule has 4 rings (SSSR count). The number of rotatable bonds is 7. The topological polar surface area (TPSA) is 111 Å². The number of aromatic amines is 1. The number of carbonyl (C=O) groups excluding carboxylic acids is 1. The van der Waals surface area contributed by atoms with E-state index >= 15 is 0 Å². The van der Waals surface area contributed by atoms with Crippen LogP contribution in [0.4, 0.5) is 0 Å². The second-order valence-corrected chi connectivity index (χ2v) is 6.15. The van der Waals surface area contributed by atoms with Crippen molar-refractivity contribution < 1.29 is 9.53 Å². The summed E-state index contributed by atoms with van der Waals surface area (Å²) in [5, 5.41) is 9.97. The van der Waals surface area contributed by atoms with Crippen LogP contribution in [-0.2, 0) is 17.8 Å². The van der Waals surface area contributed by atoms with Crippen LogP contribution < -0.4 is 10.1 Å². The maximum atomic E-state index is 12.3. The van der Waals surface area contributed by atoms with E-state index in [1.54, 1.807) is 30.4 Å². The second kappa shape index (κ2) is 7.87. The van der Waals surface area contributed by atoms with E-state index in [1.807, 2.05) is 30.3 Å². The third kappa shape index (κ3) is 3.68. The summed E-state index contributed by atoms with van der Waals surface area (Å²) in [6, 6.07) is 9.36. The van der Waals surface area contributed by atoms with E-state index in [1.165, 1.54) is 0 Å². The van der Waals surface area contributed by atoms with Gasteiger partial charge in [0.2, 0.25) is 5.91 Å². The van der Waals surface area contributed by atoms with Crippen LogP contribution in [0.5, 0.6) is 5.75 Å². The van der Waals surface area contributed by atoms with E-state index < -0.39 is 0 Å². The number of amides is 1. The van der Waals surface area contributed by atoms with Gasteiger partial charge in [-0.2, -0.15) is 5.10 Å². The quantitative estimate of drug-likeness (QED) is 0.506. The molecule has 9 heteroatoms. The second-order valence-electron chi connectivity index (χ2n) is 6.15. The molecule has 1 aromatic carbocycles. The Hall–Kier alpha value is -3.75. The number of imidazole rings is 1. The highest BCUT2D eigenvalue weighted by Crippen LogP contribution is 2.23. The minimum atomic E-state index is -0.103. The molecule has 3 aromatic heterocycles. The molecule has 142 valence electrons. The van der Waals surface area contributed by atoms with Gasteiger partial charge < -0.3 is 14.6 Å². The average molecular weight is 377 g/mol. The number of fused-ring (bicyclic) bond motifs is 1. The molecule has 0 aliphatic rings. The van der Waals surface area contributed by atoms with Crippen molar-refractivity contribution in [3.8, 4) is 17.1 Å². The summed E-state index contributed by atoms with van der Waals surface area (Å²) in [6.45, 7) is 0.636. The Morgan fingerprint density at radius 2 is 2.21 bits per heavy atom. The Bertz CT molecular complexity index is 1090. The molecule has 2 N–H and O–H groups in total. The zero-order valence-corrected chi connectivity index (χ0v) is 15.3. The molecule has 1 amide bonds. The fourth-order valence-electron chi connectivity index (χ4n) is 2.91. The normalized spacial score (nSPS) is 10.9. The minimum absolute atomic E-state index is 0.103. The lowest BCUT2D eigenvalue weighted by molar-refractivity contribution is -0.121. The lowest BCUT2D eigenvalue weighted by Gasteiger charge is -2.06. The summed E-state index contributed by atoms with van der Waals surface area (Å²) in [4.78, 5) is 25.1. The number of nitrogens with one attached hydrogen (secondary N) is 2. The van der Waals surface area contributed by atoms with Crippen molar-refractivity contribution in [2.75, 3.05) is 13.7 Å². The first-order valence-electron chi connectivity index (χ1n) is 8.81. The highest BCUT2D eigenvalue weighted by Gasteiger charge is 2.11. The third-order valence-corrected chi connectivity index (χ3v) is 4.28. The van der Waals surface area contributed by atoms with Gasteiger partial charge in [-0.1, -0.05) is 6.07 Å². The number of ether oxygens (including phenoxy) is 1. The number of aromatic nitrogens is 6. The fraction of sp³-hybridized carbons (Fsp3) is 0.211. The Balaban J connectivity index is 1.33. The van der Waals surface area contributed by atoms with Crippen LogP contribution in [0, 0.1) is 0 Å². The monoisotopic (exact) mass is 377 g/mol. The van der Waals surface area contributed by atoms with Gasteiger partial charge in [0.05, 0.1) is 19.0 Å². The number of nitrogens with zero attached hydrogens (tertiary/aromatic N) is 5. The van der Waals surface area contributed by atoms with Crippen LogP contribution in [-0.4, -0.2) is 49.3 Å². The van der Waals surface area contributed by atoms with Gasteiger partial charge in [0.25, 0.3) is 0 Å². The summed E-state index contributed by atoms with van der Waals surface area (Å²) >= 11 is 0. The molecule has 9 nitrogen and oxygen atoms in total. The Kier molecular flexibility index (Phi) is 4.96. The van der Waals surface area contributed by atoms with E-state index in [2.05, 4.69) is 30.5 Å². The molecule has 0 aliphatic heterocycles. The molecule has 0 saturated heterocycles. The van der Waals surface area contributed by atoms with Crippen LogP contribution in [0.25, 0.3) is 22.4 Å². The first kappa shape index (κ1) is 17.7. The van der Waals surface area contributed by atoms with E-state index in [-0.39, 0.29) is 12.5 Å². The zero-order chi connectivity index (χ0) is 19.3. The largest absolute Gasteiger partial charge is 0.494 e. The van der Waals surface area contributed by atoms with Gasteiger partial charge in [-0.05, 0) is 24.3 Å². The maximum Gasteiger partial charge on any atom is 0.240 e. The number of H-pyrrole nitrogens is 1. The van der Waals surface area contributed by atoms with E-state index in [0.29, 0.717) is 30.4 Å². The van der Waals surface area contributed by atoms with E-state index in [4.69, 9.17) is 4.74 Å². The molecular weight excluding hydrogens is 358 g/mol. The molecule has 0 aliphatic carbocycles. The number of pyridine rings is 1. The molecule has 0 radical (unpaired) electrons. The number of hydrogen-bond donors (Lipinski definition) is 2. The van der Waals surface area contributed by atoms with E-state index in [9.17, 15) is 4.79 Å². The van der Waals surface area contributed by atoms with Crippen molar-refractivity contribution in [1.29, 1.82) is 0 Å². The van der Waals surface area contributed by atoms with E-state index in [0.717, 1.165) is 16.6 Å². The molecule has 4 aromatic rings. The van der Waals surface area contributed by atoms with Crippen molar-refractivity contribution in [2.24, 2.45) is 0 Å². The number of hydrogen-bond acceptors (Lipinski definition) is 6. The SMILES string of the molecule is COc1cccc2c1ncn2CC(=O)NCCc1nc(-c2cccnc2)n[nH]1. The lowest BCUT2D eigenvalue weighted by Crippen LogP contribution is -2.29. The Labute approximate surface area is 160 Å². The summed E-state index contributed by atoms with van der Waals surface area (Å²) in [5.41, 5.74) is 2.43. The first-order valence-corrected chi connectivity index (χ1v) is 8.81. The van der Waals surface area contributed by atoms with Gasteiger partial charge in [0.15, 0.2) is 5.82 Å². The van der Waals surface area contributed by atoms with Crippen molar-refractivity contribution in [3.63, 3.8) is 0 Å². The van der Waals surface area contributed by atoms with Crippen molar-refractivity contribution in [1.82, 2.24) is 35.0 Å². The Morgan fingerprint density at radius 3 is 3.04 bits per heavy atom. The van der Waals surface area contributed by atoms with Gasteiger partial charge in [-0.15, -0.1) is 0 Å². The van der Waals surface area contributed by atoms with Crippen LogP contribution in [0.3, 0.4) is 0 Å². The highest BCUT2D eigenvalue weighted by atomic mass is 16.5. The smallest absolute Gasteiger partial charge is 0.240 e. The highest BCUT2D eigenvalue weighted by molar-refractivity contribution is 5.84. The van der Waals surface area contributed by atoms with Crippen LogP contribution in [0.2, 0.25) is 0 Å². The van der Waals surface area contributed by atoms with Gasteiger partial charge in [-0.25, -0.2) is 9.97 Å². The number of methoxy groups -OCH3 is 1. The first-order chi connectivity index (χ1) is 13.7. The summed E-state index contributed by atoms with van der Waals surface area (Å²) in [6.07, 6.45) is 5.60. The molecule has 28 heavy (non-hydrogen) atoms. The third-order valence-electron chi connectivity index (χ3n) is 4.28. The van der Waals surface area contributed by atoms with Crippen LogP contribution in [0.15, 0.2) is 49.1 Å². The summed E-state index contributed by atoms with van der Waals surface area (Å²) in [5.74, 6) is 1.88. The minimum Gasteiger partial charge on any atom is -0.494 e. The van der Waals surface area contributed by atoms with Crippen molar-refractivity contribution in [2.45, 2.75) is 13.0 Å². The molecule has 0 saturated carbocycles. The fourth-order valence-corrected chi connectivity index (χ4v) is 2.91. The predicted molar refractivity (Wildman–Crippen MR) is 103 cm³/mol. The van der Waals surface area contributed by atoms with Crippen LogP contribution in [0.1, 0.15) is 5.82 Å². The summed E-state index contributed by atoms with van der Waals surface area (Å²) < 4.78 is 7.09. The number of para-hydroxylation sites is 1. The van der Waals surface area contributed by atoms with Gasteiger partial charge in [0.1, 0.15) is 23.6 Å². The molecule has 3 heterocycles. The zero-order valence-electron chi connectivity index (χ0n) is 15.3. The van der Waals surface area contributed by atoms with Crippen molar-refractivity contribution in [3.05, 3.63) is 54.9 Å². The van der Waals surface area contributed by atoms with Gasteiger partial charge in [0, 0.05) is 30.9 Å². The number of carbonyl (C=O) groups is 1. The molecule has 0 bridgehead atoms. The van der Waals surface area contributed by atoms with Gasteiger partial charge >= 0.3 is 0 Å². The molecule has 0 fully saturated rings. The molecule has 0 atom stereocenters. The van der Waals surface area contributed by atoms with Crippen LogP contribution >= 0.6 is 0 Å². The summed E-state index contributed by atoms with van der Waals surface area (Å²) in [7, 11) is 1.60. The molecule has 0 spiro atoms.